The second-order valence-electron chi connectivity index (χ2n) is 5.16. The zero-order valence-corrected chi connectivity index (χ0v) is 13.0. The first-order valence-electron chi connectivity index (χ1n) is 6.92. The number of halogens is 1. The van der Waals surface area contributed by atoms with Gasteiger partial charge in [-0.3, -0.25) is 4.79 Å². The molecule has 0 amide bonds. The van der Waals surface area contributed by atoms with Crippen LogP contribution in [-0.4, -0.2) is 5.78 Å². The number of carbonyl (C=O) groups is 1. The van der Waals surface area contributed by atoms with Crippen LogP contribution >= 0.6 is 0 Å². The number of benzene rings is 1. The Labute approximate surface area is 130 Å². The van der Waals surface area contributed by atoms with Gasteiger partial charge in [0.25, 0.3) is 0 Å². The predicted octanol–water partition coefficient (Wildman–Crippen LogP) is -0.260. The number of pyridine rings is 1. The van der Waals surface area contributed by atoms with E-state index in [0.717, 1.165) is 12.0 Å². The lowest BCUT2D eigenvalue weighted by Gasteiger charge is -2.13. The summed E-state index contributed by atoms with van der Waals surface area (Å²) in [6.45, 7) is 0.428. The van der Waals surface area contributed by atoms with E-state index in [9.17, 15) is 4.79 Å². The highest BCUT2D eigenvalue weighted by molar-refractivity contribution is 5.94. The van der Waals surface area contributed by atoms with Gasteiger partial charge < -0.3 is 17.0 Å². The molecule has 0 saturated heterocycles. The molecule has 20 heavy (non-hydrogen) atoms. The molecule has 1 aliphatic carbocycles. The van der Waals surface area contributed by atoms with Crippen LogP contribution in [0.4, 0.5) is 0 Å². The normalized spacial score (nSPS) is 13.2. The number of ketones is 1. The fourth-order valence-corrected chi connectivity index (χ4v) is 2.70. The van der Waals surface area contributed by atoms with Crippen LogP contribution in [0.1, 0.15) is 34.3 Å². The van der Waals surface area contributed by atoms with Crippen molar-refractivity contribution in [1.82, 2.24) is 0 Å². The molecule has 0 unspecified atom stereocenters. The van der Waals surface area contributed by atoms with Crippen LogP contribution in [0.3, 0.4) is 0 Å². The summed E-state index contributed by atoms with van der Waals surface area (Å²) in [7, 11) is 0. The van der Waals surface area contributed by atoms with Crippen LogP contribution in [0.2, 0.25) is 0 Å². The third-order valence-corrected chi connectivity index (χ3v) is 3.77. The van der Waals surface area contributed by atoms with Gasteiger partial charge in [-0.05, 0) is 31.2 Å². The summed E-state index contributed by atoms with van der Waals surface area (Å²) in [6, 6.07) is 11.7. The summed E-state index contributed by atoms with van der Waals surface area (Å²) in [5, 5.41) is 0. The third-order valence-electron chi connectivity index (χ3n) is 3.77. The number of aryl methyl sites for hydroxylation is 2. The Hall–Kier alpha value is -1.48. The summed E-state index contributed by atoms with van der Waals surface area (Å²) < 4.78 is 2.01. The molecular weight excluding hydrogens is 314 g/mol. The zero-order valence-electron chi connectivity index (χ0n) is 11.4. The molecule has 0 atom stereocenters. The molecule has 104 valence electrons. The van der Waals surface area contributed by atoms with Crippen LogP contribution < -0.4 is 21.5 Å². The fraction of sp³-hybridized carbons (Fsp3) is 0.294. The maximum Gasteiger partial charge on any atom is 0.227 e. The SMILES string of the molecule is O=C(C[n+]1ccc2c(c1)CCCC2)c1ccccc1.[Br-]. The van der Waals surface area contributed by atoms with Gasteiger partial charge in [0, 0.05) is 17.2 Å². The Balaban J connectivity index is 0.00000147. The van der Waals surface area contributed by atoms with Crippen molar-refractivity contribution in [2.75, 3.05) is 0 Å². The molecular formula is C17H18BrNO. The molecule has 1 aliphatic rings. The van der Waals surface area contributed by atoms with Crippen molar-refractivity contribution in [3.05, 3.63) is 65.5 Å². The molecule has 2 aromatic rings. The van der Waals surface area contributed by atoms with Gasteiger partial charge in [0.1, 0.15) is 0 Å². The first-order valence-corrected chi connectivity index (χ1v) is 6.92. The predicted molar refractivity (Wildman–Crippen MR) is 74.1 cm³/mol. The zero-order chi connectivity index (χ0) is 13.1. The molecule has 1 aromatic heterocycles. The van der Waals surface area contributed by atoms with E-state index in [1.54, 1.807) is 0 Å². The number of rotatable bonds is 3. The number of aromatic nitrogens is 1. The second kappa shape index (κ2) is 6.80. The van der Waals surface area contributed by atoms with Gasteiger partial charge in [-0.25, -0.2) is 0 Å². The largest absolute Gasteiger partial charge is 1.00 e. The monoisotopic (exact) mass is 331 g/mol. The minimum atomic E-state index is 0. The molecule has 0 fully saturated rings. The summed E-state index contributed by atoms with van der Waals surface area (Å²) in [5.74, 6) is 0.168. The van der Waals surface area contributed by atoms with Crippen molar-refractivity contribution in [3.63, 3.8) is 0 Å². The van der Waals surface area contributed by atoms with E-state index in [4.69, 9.17) is 0 Å². The first kappa shape index (κ1) is 14.9. The third kappa shape index (κ3) is 3.34. The standard InChI is InChI=1S/C17H18NO.BrH/c19-17(15-7-2-1-3-8-15)13-18-11-10-14-6-4-5-9-16(14)12-18;/h1-3,7-8,10-12H,4-6,9,13H2;1H/q+1;/p-1. The average Bonchev–Trinajstić information content (AvgIpc) is 2.48. The number of hydrogen-bond donors (Lipinski definition) is 0. The van der Waals surface area contributed by atoms with E-state index in [0.29, 0.717) is 6.54 Å². The molecule has 0 radical (unpaired) electrons. The molecule has 3 heteroatoms. The van der Waals surface area contributed by atoms with Gasteiger partial charge in [0.15, 0.2) is 12.4 Å². The number of nitrogens with zero attached hydrogens (tertiary/aromatic N) is 1. The number of Topliss-reactive ketones (excluding diaryl/α,β-unsaturated/α-hetero) is 1. The van der Waals surface area contributed by atoms with Gasteiger partial charge in [-0.1, -0.05) is 30.3 Å². The van der Waals surface area contributed by atoms with E-state index < -0.39 is 0 Å². The molecule has 0 N–H and O–H groups in total. The van der Waals surface area contributed by atoms with Gasteiger partial charge in [-0.15, -0.1) is 0 Å². The van der Waals surface area contributed by atoms with Crippen LogP contribution in [-0.2, 0) is 19.4 Å². The van der Waals surface area contributed by atoms with Crippen molar-refractivity contribution in [2.24, 2.45) is 0 Å². The van der Waals surface area contributed by atoms with Crippen LogP contribution in [0.5, 0.6) is 0 Å². The van der Waals surface area contributed by atoms with Crippen molar-refractivity contribution in [1.29, 1.82) is 0 Å². The summed E-state index contributed by atoms with van der Waals surface area (Å²) >= 11 is 0. The van der Waals surface area contributed by atoms with E-state index in [-0.39, 0.29) is 22.8 Å². The van der Waals surface area contributed by atoms with E-state index >= 15 is 0 Å². The maximum atomic E-state index is 12.2. The lowest BCUT2D eigenvalue weighted by Crippen LogP contribution is -3.00. The van der Waals surface area contributed by atoms with Crippen LogP contribution in [0.15, 0.2) is 48.8 Å². The fourth-order valence-electron chi connectivity index (χ4n) is 2.70. The van der Waals surface area contributed by atoms with Crippen molar-refractivity contribution >= 4 is 5.78 Å². The van der Waals surface area contributed by atoms with E-state index in [1.807, 2.05) is 41.1 Å². The van der Waals surface area contributed by atoms with Gasteiger partial charge in [0.05, 0.1) is 0 Å². The highest BCUT2D eigenvalue weighted by Gasteiger charge is 2.16. The molecule has 0 bridgehead atoms. The van der Waals surface area contributed by atoms with Gasteiger partial charge in [0.2, 0.25) is 12.3 Å². The van der Waals surface area contributed by atoms with Crippen LogP contribution in [0, 0.1) is 0 Å². The number of fused-ring (bicyclic) bond motifs is 1. The number of carbonyl (C=O) groups excluding carboxylic acids is 1. The van der Waals surface area contributed by atoms with Crippen LogP contribution in [0.25, 0.3) is 0 Å². The summed E-state index contributed by atoms with van der Waals surface area (Å²) in [5.41, 5.74) is 3.65. The first-order chi connectivity index (χ1) is 9.33. The molecule has 2 nitrogen and oxygen atoms in total. The smallest absolute Gasteiger partial charge is 0.227 e. The Morgan fingerprint density at radius 1 is 1.00 bits per heavy atom. The topological polar surface area (TPSA) is 20.9 Å². The Kier molecular flexibility index (Phi) is 5.07. The summed E-state index contributed by atoms with van der Waals surface area (Å²) in [6.07, 6.45) is 9.07. The Morgan fingerprint density at radius 3 is 2.45 bits per heavy atom. The minimum absolute atomic E-state index is 0. The van der Waals surface area contributed by atoms with E-state index in [1.165, 1.54) is 30.4 Å². The molecule has 0 spiro atoms. The molecule has 0 aliphatic heterocycles. The lowest BCUT2D eigenvalue weighted by atomic mass is 9.93. The number of hydrogen-bond acceptors (Lipinski definition) is 1. The molecule has 1 heterocycles. The van der Waals surface area contributed by atoms with Crippen molar-refractivity contribution in [3.8, 4) is 0 Å². The minimum Gasteiger partial charge on any atom is -1.00 e. The highest BCUT2D eigenvalue weighted by Crippen LogP contribution is 2.18. The highest BCUT2D eigenvalue weighted by atomic mass is 79.9. The second-order valence-corrected chi connectivity index (χ2v) is 5.16. The van der Waals surface area contributed by atoms with Crippen molar-refractivity contribution in [2.45, 2.75) is 32.2 Å². The van der Waals surface area contributed by atoms with Gasteiger partial charge >= 0.3 is 0 Å². The summed E-state index contributed by atoms with van der Waals surface area (Å²) in [4.78, 5) is 12.2. The average molecular weight is 332 g/mol. The maximum absolute atomic E-state index is 12.2. The molecule has 3 rings (SSSR count). The Bertz CT molecular complexity index is 595. The van der Waals surface area contributed by atoms with Crippen molar-refractivity contribution < 1.29 is 26.3 Å². The van der Waals surface area contributed by atoms with E-state index in [2.05, 4.69) is 12.3 Å². The molecule has 1 aromatic carbocycles. The van der Waals surface area contributed by atoms with Gasteiger partial charge in [-0.2, -0.15) is 4.57 Å². The lowest BCUT2D eigenvalue weighted by molar-refractivity contribution is -0.683. The Morgan fingerprint density at radius 2 is 1.70 bits per heavy atom. The quantitative estimate of drug-likeness (QED) is 0.561. The molecule has 0 saturated carbocycles.